The smallest absolute Gasteiger partial charge is 0.318 e. The SMILES string of the molecule is Cc1ccc(C)n1NC(=O)C(=O)Nc1ccc(F)cc1. The lowest BCUT2D eigenvalue weighted by atomic mass is 10.3. The largest absolute Gasteiger partial charge is 0.328 e. The Labute approximate surface area is 115 Å². The maximum atomic E-state index is 12.7. The summed E-state index contributed by atoms with van der Waals surface area (Å²) in [6.45, 7) is 3.62. The Bertz CT molecular complexity index is 627. The van der Waals surface area contributed by atoms with Crippen molar-refractivity contribution in [1.82, 2.24) is 4.68 Å². The Balaban J connectivity index is 2.02. The molecule has 5 nitrogen and oxygen atoms in total. The first kappa shape index (κ1) is 13.8. The van der Waals surface area contributed by atoms with Gasteiger partial charge in [0.2, 0.25) is 0 Å². The average Bonchev–Trinajstić information content (AvgIpc) is 2.73. The monoisotopic (exact) mass is 275 g/mol. The molecule has 0 unspecified atom stereocenters. The van der Waals surface area contributed by atoms with E-state index in [0.29, 0.717) is 5.69 Å². The van der Waals surface area contributed by atoms with Gasteiger partial charge in [-0.25, -0.2) is 4.39 Å². The highest BCUT2D eigenvalue weighted by atomic mass is 19.1. The summed E-state index contributed by atoms with van der Waals surface area (Å²) in [4.78, 5) is 23.5. The number of carbonyl (C=O) groups excluding carboxylic acids is 2. The number of hydrogen-bond acceptors (Lipinski definition) is 2. The first-order valence-electron chi connectivity index (χ1n) is 6.00. The fourth-order valence-electron chi connectivity index (χ4n) is 1.72. The number of carbonyl (C=O) groups is 2. The Morgan fingerprint density at radius 3 is 2.05 bits per heavy atom. The van der Waals surface area contributed by atoms with E-state index in [4.69, 9.17) is 0 Å². The predicted octanol–water partition coefficient (Wildman–Crippen LogP) is 1.95. The van der Waals surface area contributed by atoms with Crippen LogP contribution in [0.15, 0.2) is 36.4 Å². The molecule has 2 rings (SSSR count). The van der Waals surface area contributed by atoms with Gasteiger partial charge in [0, 0.05) is 17.1 Å². The van der Waals surface area contributed by atoms with Crippen LogP contribution in [0.25, 0.3) is 0 Å². The topological polar surface area (TPSA) is 63.1 Å². The molecule has 6 heteroatoms. The van der Waals surface area contributed by atoms with E-state index in [2.05, 4.69) is 10.7 Å². The molecular weight excluding hydrogens is 261 g/mol. The minimum Gasteiger partial charge on any atom is -0.318 e. The van der Waals surface area contributed by atoms with Crippen LogP contribution in [0.1, 0.15) is 11.4 Å². The van der Waals surface area contributed by atoms with E-state index < -0.39 is 17.6 Å². The summed E-state index contributed by atoms with van der Waals surface area (Å²) in [6, 6.07) is 8.82. The van der Waals surface area contributed by atoms with Crippen molar-refractivity contribution in [3.05, 3.63) is 53.6 Å². The molecule has 0 spiro atoms. The molecule has 104 valence electrons. The minimum atomic E-state index is -0.816. The summed E-state index contributed by atoms with van der Waals surface area (Å²) in [7, 11) is 0. The Morgan fingerprint density at radius 1 is 0.950 bits per heavy atom. The molecule has 0 aliphatic rings. The predicted molar refractivity (Wildman–Crippen MR) is 73.3 cm³/mol. The van der Waals surface area contributed by atoms with Gasteiger partial charge in [0.1, 0.15) is 5.82 Å². The van der Waals surface area contributed by atoms with E-state index in [-0.39, 0.29) is 0 Å². The van der Waals surface area contributed by atoms with Crippen molar-refractivity contribution in [3.8, 4) is 0 Å². The van der Waals surface area contributed by atoms with Crippen LogP contribution in [0.4, 0.5) is 10.1 Å². The zero-order valence-electron chi connectivity index (χ0n) is 11.1. The number of aryl methyl sites for hydroxylation is 2. The molecule has 0 fully saturated rings. The molecule has 1 heterocycles. The standard InChI is InChI=1S/C14H14FN3O2/c1-9-3-4-10(2)18(9)17-14(20)13(19)16-12-7-5-11(15)6-8-12/h3-8H,1-2H3,(H,16,19)(H,17,20). The van der Waals surface area contributed by atoms with Gasteiger partial charge in [-0.2, -0.15) is 0 Å². The molecule has 2 aromatic rings. The maximum Gasteiger partial charge on any atom is 0.328 e. The van der Waals surface area contributed by atoms with Crippen molar-refractivity contribution in [3.63, 3.8) is 0 Å². The average molecular weight is 275 g/mol. The van der Waals surface area contributed by atoms with E-state index >= 15 is 0 Å². The molecule has 0 saturated heterocycles. The summed E-state index contributed by atoms with van der Waals surface area (Å²) in [5.74, 6) is -2.02. The van der Waals surface area contributed by atoms with Crippen molar-refractivity contribution < 1.29 is 14.0 Å². The molecule has 0 atom stereocenters. The molecule has 20 heavy (non-hydrogen) atoms. The van der Waals surface area contributed by atoms with Gasteiger partial charge >= 0.3 is 11.8 Å². The van der Waals surface area contributed by atoms with Crippen molar-refractivity contribution in [1.29, 1.82) is 0 Å². The van der Waals surface area contributed by atoms with Crippen molar-refractivity contribution in [2.24, 2.45) is 0 Å². The number of nitrogens with zero attached hydrogens (tertiary/aromatic N) is 1. The molecule has 1 aromatic carbocycles. The van der Waals surface area contributed by atoms with Gasteiger partial charge in [-0.15, -0.1) is 0 Å². The molecule has 0 bridgehead atoms. The van der Waals surface area contributed by atoms with Gasteiger partial charge in [-0.1, -0.05) is 0 Å². The third-order valence-electron chi connectivity index (χ3n) is 2.79. The Morgan fingerprint density at radius 2 is 1.50 bits per heavy atom. The number of aromatic nitrogens is 1. The highest BCUT2D eigenvalue weighted by Gasteiger charge is 2.15. The number of benzene rings is 1. The highest BCUT2D eigenvalue weighted by molar-refractivity contribution is 6.42. The van der Waals surface area contributed by atoms with E-state index in [1.165, 1.54) is 28.9 Å². The first-order chi connectivity index (χ1) is 9.47. The molecule has 0 saturated carbocycles. The molecule has 0 radical (unpaired) electrons. The molecule has 0 aliphatic carbocycles. The van der Waals surface area contributed by atoms with Gasteiger partial charge in [0.25, 0.3) is 0 Å². The number of rotatable bonds is 2. The summed E-state index contributed by atoms with van der Waals surface area (Å²) in [5, 5.41) is 2.39. The third-order valence-corrected chi connectivity index (χ3v) is 2.79. The molecule has 2 amide bonds. The number of amides is 2. The van der Waals surface area contributed by atoms with Gasteiger partial charge in [-0.05, 0) is 50.2 Å². The van der Waals surface area contributed by atoms with E-state index in [9.17, 15) is 14.0 Å². The zero-order chi connectivity index (χ0) is 14.7. The number of hydrogen-bond donors (Lipinski definition) is 2. The van der Waals surface area contributed by atoms with Gasteiger partial charge < -0.3 is 5.32 Å². The molecule has 0 aliphatic heterocycles. The summed E-state index contributed by atoms with van der Waals surface area (Å²) in [5.41, 5.74) is 4.46. The maximum absolute atomic E-state index is 12.7. The van der Waals surface area contributed by atoms with Crippen molar-refractivity contribution in [2.45, 2.75) is 13.8 Å². The fraction of sp³-hybridized carbons (Fsp3) is 0.143. The molecule has 2 N–H and O–H groups in total. The van der Waals surface area contributed by atoms with Crippen LogP contribution in [0, 0.1) is 19.7 Å². The Hall–Kier alpha value is -2.63. The summed E-state index contributed by atoms with van der Waals surface area (Å²) < 4.78 is 14.2. The van der Waals surface area contributed by atoms with Crippen LogP contribution in [-0.4, -0.2) is 16.5 Å². The minimum absolute atomic E-state index is 0.354. The second-order valence-electron chi connectivity index (χ2n) is 4.35. The fourth-order valence-corrected chi connectivity index (χ4v) is 1.72. The van der Waals surface area contributed by atoms with Gasteiger partial charge in [0.05, 0.1) is 0 Å². The highest BCUT2D eigenvalue weighted by Crippen LogP contribution is 2.08. The van der Waals surface area contributed by atoms with E-state index in [1.807, 2.05) is 26.0 Å². The van der Waals surface area contributed by atoms with Crippen LogP contribution in [0.5, 0.6) is 0 Å². The lowest BCUT2D eigenvalue weighted by Gasteiger charge is -2.11. The van der Waals surface area contributed by atoms with Crippen molar-refractivity contribution >= 4 is 17.5 Å². The molecular formula is C14H14FN3O2. The zero-order valence-corrected chi connectivity index (χ0v) is 11.1. The second kappa shape index (κ2) is 5.56. The number of nitrogens with one attached hydrogen (secondary N) is 2. The van der Waals surface area contributed by atoms with Crippen molar-refractivity contribution in [2.75, 3.05) is 10.7 Å². The van der Waals surface area contributed by atoms with Crippen LogP contribution in [-0.2, 0) is 9.59 Å². The number of anilines is 1. The van der Waals surface area contributed by atoms with E-state index in [0.717, 1.165) is 11.4 Å². The summed E-state index contributed by atoms with van der Waals surface area (Å²) in [6.07, 6.45) is 0. The first-order valence-corrected chi connectivity index (χ1v) is 6.00. The normalized spacial score (nSPS) is 10.2. The van der Waals surface area contributed by atoms with Gasteiger partial charge in [-0.3, -0.25) is 19.7 Å². The third kappa shape index (κ3) is 3.03. The Kier molecular flexibility index (Phi) is 3.84. The van der Waals surface area contributed by atoms with Gasteiger partial charge in [0.15, 0.2) is 0 Å². The van der Waals surface area contributed by atoms with Crippen LogP contribution < -0.4 is 10.7 Å². The van der Waals surface area contributed by atoms with Crippen LogP contribution >= 0.6 is 0 Å². The quantitative estimate of drug-likeness (QED) is 0.823. The lowest BCUT2D eigenvalue weighted by Crippen LogP contribution is -2.35. The molecule has 1 aromatic heterocycles. The van der Waals surface area contributed by atoms with Crippen LogP contribution in [0.3, 0.4) is 0 Å². The lowest BCUT2D eigenvalue weighted by molar-refractivity contribution is -0.133. The second-order valence-corrected chi connectivity index (χ2v) is 4.35. The number of halogens is 1. The van der Waals surface area contributed by atoms with E-state index in [1.54, 1.807) is 0 Å². The van der Waals surface area contributed by atoms with Crippen LogP contribution in [0.2, 0.25) is 0 Å². The summed E-state index contributed by atoms with van der Waals surface area (Å²) >= 11 is 0.